The van der Waals surface area contributed by atoms with E-state index in [-0.39, 0.29) is 12.1 Å². The Bertz CT molecular complexity index is 1200. The standard InChI is InChI=1S/C21H14N2O5S/c24-20(25)12-14(21-22-17-3-1-2-4-19(17)29-21)11-16-9-10-18(28-16)13-5-7-15(8-6-13)23(26)27/h1-11H,12H2,(H,24,25). The van der Waals surface area contributed by atoms with Crippen LogP contribution < -0.4 is 0 Å². The van der Waals surface area contributed by atoms with E-state index in [4.69, 9.17) is 4.42 Å². The van der Waals surface area contributed by atoms with Crippen molar-refractivity contribution in [2.24, 2.45) is 0 Å². The summed E-state index contributed by atoms with van der Waals surface area (Å²) in [7, 11) is 0. The molecule has 0 amide bonds. The van der Waals surface area contributed by atoms with Crippen molar-refractivity contribution >= 4 is 44.9 Å². The normalized spacial score (nSPS) is 11.7. The fourth-order valence-electron chi connectivity index (χ4n) is 2.87. The number of carboxylic acid groups (broad SMARTS) is 1. The maximum Gasteiger partial charge on any atom is 0.307 e. The highest BCUT2D eigenvalue weighted by molar-refractivity contribution is 7.19. The summed E-state index contributed by atoms with van der Waals surface area (Å²) < 4.78 is 6.79. The molecule has 0 spiro atoms. The summed E-state index contributed by atoms with van der Waals surface area (Å²) in [5.41, 5.74) is 2.05. The Kier molecular flexibility index (Phi) is 4.92. The van der Waals surface area contributed by atoms with Crippen molar-refractivity contribution in [3.63, 3.8) is 0 Å². The first kappa shape index (κ1) is 18.6. The van der Waals surface area contributed by atoms with Crippen LogP contribution in [0.5, 0.6) is 0 Å². The summed E-state index contributed by atoms with van der Waals surface area (Å²) >= 11 is 1.43. The Hall–Kier alpha value is -3.78. The van der Waals surface area contributed by atoms with Crippen molar-refractivity contribution in [1.29, 1.82) is 0 Å². The van der Waals surface area contributed by atoms with E-state index < -0.39 is 10.9 Å². The SMILES string of the molecule is O=C(O)CC(=Cc1ccc(-c2ccc([N+](=O)[O-])cc2)o1)c1nc2ccccc2s1. The van der Waals surface area contributed by atoms with E-state index in [1.54, 1.807) is 30.3 Å². The number of aliphatic carboxylic acids is 1. The molecule has 4 aromatic rings. The van der Waals surface area contributed by atoms with E-state index in [1.165, 1.54) is 23.5 Å². The third-order valence-corrected chi connectivity index (χ3v) is 5.33. The van der Waals surface area contributed by atoms with Gasteiger partial charge in [-0.15, -0.1) is 11.3 Å². The van der Waals surface area contributed by atoms with Gasteiger partial charge in [-0.25, -0.2) is 4.98 Å². The lowest BCUT2D eigenvalue weighted by atomic mass is 10.1. The Morgan fingerprint density at radius 1 is 1.14 bits per heavy atom. The second-order valence-electron chi connectivity index (χ2n) is 6.23. The third-order valence-electron chi connectivity index (χ3n) is 4.22. The summed E-state index contributed by atoms with van der Waals surface area (Å²) in [6.45, 7) is 0. The number of furan rings is 1. The number of rotatable bonds is 6. The van der Waals surface area contributed by atoms with Crippen LogP contribution in [0, 0.1) is 10.1 Å². The first-order valence-corrected chi connectivity index (χ1v) is 9.44. The van der Waals surface area contributed by atoms with E-state index in [9.17, 15) is 20.0 Å². The maximum atomic E-state index is 11.4. The molecule has 0 radical (unpaired) electrons. The van der Waals surface area contributed by atoms with Gasteiger partial charge in [0.2, 0.25) is 0 Å². The highest BCUT2D eigenvalue weighted by Crippen LogP contribution is 2.32. The molecule has 1 N–H and O–H groups in total. The van der Waals surface area contributed by atoms with Gasteiger partial charge < -0.3 is 9.52 Å². The molecule has 2 aromatic carbocycles. The van der Waals surface area contributed by atoms with Crippen molar-refractivity contribution in [3.8, 4) is 11.3 Å². The summed E-state index contributed by atoms with van der Waals surface area (Å²) in [6.07, 6.45) is 1.48. The Morgan fingerprint density at radius 3 is 2.59 bits per heavy atom. The first-order chi connectivity index (χ1) is 14.0. The molecule has 0 fully saturated rings. The number of nitrogens with zero attached hydrogens (tertiary/aromatic N) is 2. The predicted molar refractivity (Wildman–Crippen MR) is 111 cm³/mol. The van der Waals surface area contributed by atoms with Gasteiger partial charge >= 0.3 is 5.97 Å². The van der Waals surface area contributed by atoms with Crippen LogP contribution in [0.25, 0.3) is 33.2 Å². The molecule has 0 unspecified atom stereocenters. The molecule has 2 heterocycles. The first-order valence-electron chi connectivity index (χ1n) is 8.62. The molecule has 0 atom stereocenters. The number of fused-ring (bicyclic) bond motifs is 1. The van der Waals surface area contributed by atoms with Crippen LogP contribution in [0.3, 0.4) is 0 Å². The Labute approximate surface area is 168 Å². The Balaban J connectivity index is 1.67. The Morgan fingerprint density at radius 2 is 1.90 bits per heavy atom. The van der Waals surface area contributed by atoms with Gasteiger partial charge in [-0.1, -0.05) is 12.1 Å². The second kappa shape index (κ2) is 7.69. The number of carboxylic acids is 1. The minimum atomic E-state index is -0.961. The largest absolute Gasteiger partial charge is 0.481 e. The number of carbonyl (C=O) groups is 1. The topological polar surface area (TPSA) is 106 Å². The van der Waals surface area contributed by atoms with Gasteiger partial charge in [0, 0.05) is 23.3 Å². The minimum Gasteiger partial charge on any atom is -0.481 e. The molecule has 29 heavy (non-hydrogen) atoms. The van der Waals surface area contributed by atoms with Gasteiger partial charge in [-0.3, -0.25) is 14.9 Å². The number of aromatic nitrogens is 1. The molecular weight excluding hydrogens is 392 g/mol. The molecule has 0 aliphatic carbocycles. The average molecular weight is 406 g/mol. The van der Waals surface area contributed by atoms with Gasteiger partial charge in [0.1, 0.15) is 16.5 Å². The zero-order valence-electron chi connectivity index (χ0n) is 14.9. The predicted octanol–water partition coefficient (Wildman–Crippen LogP) is 5.48. The number of benzene rings is 2. The van der Waals surface area contributed by atoms with Gasteiger partial charge in [-0.05, 0) is 42.5 Å². The van der Waals surface area contributed by atoms with Gasteiger partial charge in [-0.2, -0.15) is 0 Å². The van der Waals surface area contributed by atoms with Crippen molar-refractivity contribution in [2.45, 2.75) is 6.42 Å². The van der Waals surface area contributed by atoms with E-state index in [1.807, 2.05) is 24.3 Å². The van der Waals surface area contributed by atoms with Crippen LogP contribution in [0.15, 0.2) is 65.1 Å². The highest BCUT2D eigenvalue weighted by Gasteiger charge is 2.14. The van der Waals surface area contributed by atoms with Crippen molar-refractivity contribution < 1.29 is 19.2 Å². The molecule has 8 heteroatoms. The lowest BCUT2D eigenvalue weighted by Gasteiger charge is -2.00. The van der Waals surface area contributed by atoms with Crippen LogP contribution in [0.1, 0.15) is 17.2 Å². The number of non-ortho nitro benzene ring substituents is 1. The van der Waals surface area contributed by atoms with Crippen LogP contribution in [0.2, 0.25) is 0 Å². The number of nitro groups is 1. The van der Waals surface area contributed by atoms with E-state index in [2.05, 4.69) is 4.98 Å². The molecule has 0 bridgehead atoms. The lowest BCUT2D eigenvalue weighted by Crippen LogP contribution is -1.96. The van der Waals surface area contributed by atoms with Crippen LogP contribution in [-0.2, 0) is 4.79 Å². The summed E-state index contributed by atoms with van der Waals surface area (Å²) in [4.78, 5) is 26.2. The molecule has 2 aromatic heterocycles. The number of thiazole rings is 1. The molecule has 0 aliphatic heterocycles. The second-order valence-corrected chi connectivity index (χ2v) is 7.26. The van der Waals surface area contributed by atoms with E-state index in [0.29, 0.717) is 27.7 Å². The smallest absolute Gasteiger partial charge is 0.307 e. The lowest BCUT2D eigenvalue weighted by molar-refractivity contribution is -0.384. The summed E-state index contributed by atoms with van der Waals surface area (Å²) in [5.74, 6) is 0.0524. The van der Waals surface area contributed by atoms with E-state index >= 15 is 0 Å². The molecule has 4 rings (SSSR count). The summed E-state index contributed by atoms with van der Waals surface area (Å²) in [5, 5.41) is 20.7. The fourth-order valence-corrected chi connectivity index (χ4v) is 3.84. The minimum absolute atomic E-state index is 0.00000538. The van der Waals surface area contributed by atoms with Crippen molar-refractivity contribution in [3.05, 3.63) is 81.5 Å². The van der Waals surface area contributed by atoms with Gasteiger partial charge in [0.25, 0.3) is 5.69 Å². The van der Waals surface area contributed by atoms with Crippen LogP contribution in [0.4, 0.5) is 5.69 Å². The zero-order chi connectivity index (χ0) is 20.4. The average Bonchev–Trinajstić information content (AvgIpc) is 3.34. The number of hydrogen-bond donors (Lipinski definition) is 1. The monoisotopic (exact) mass is 406 g/mol. The fraction of sp³-hybridized carbons (Fsp3) is 0.0476. The quantitative estimate of drug-likeness (QED) is 0.336. The zero-order valence-corrected chi connectivity index (χ0v) is 15.8. The molecular formula is C21H14N2O5S. The third kappa shape index (κ3) is 4.07. The maximum absolute atomic E-state index is 11.4. The number of nitro benzene ring substituents is 1. The number of para-hydroxylation sites is 1. The molecule has 7 nitrogen and oxygen atoms in total. The van der Waals surface area contributed by atoms with Gasteiger partial charge in [0.05, 0.1) is 21.6 Å². The van der Waals surface area contributed by atoms with Gasteiger partial charge in [0.15, 0.2) is 0 Å². The summed E-state index contributed by atoms with van der Waals surface area (Å²) in [6, 6.07) is 17.1. The number of hydrogen-bond acceptors (Lipinski definition) is 6. The van der Waals surface area contributed by atoms with Crippen molar-refractivity contribution in [1.82, 2.24) is 4.98 Å². The van der Waals surface area contributed by atoms with Crippen LogP contribution >= 0.6 is 11.3 Å². The molecule has 0 aliphatic rings. The van der Waals surface area contributed by atoms with Crippen molar-refractivity contribution in [2.75, 3.05) is 0 Å². The highest BCUT2D eigenvalue weighted by atomic mass is 32.1. The van der Waals surface area contributed by atoms with Crippen LogP contribution in [-0.4, -0.2) is 21.0 Å². The molecule has 0 saturated carbocycles. The molecule has 144 valence electrons. The molecule has 0 saturated heterocycles. The van der Waals surface area contributed by atoms with E-state index in [0.717, 1.165) is 10.2 Å².